The molecule has 1 aliphatic heterocycles. The maximum Gasteiger partial charge on any atom is 0.180 e. The predicted molar refractivity (Wildman–Crippen MR) is 71.9 cm³/mol. The number of carbonyl (C=O) groups is 1. The summed E-state index contributed by atoms with van der Waals surface area (Å²) in [7, 11) is 0. The first-order chi connectivity index (χ1) is 9.11. The third kappa shape index (κ3) is 3.32. The number of benzene rings is 1. The molecule has 0 amide bonds. The Bertz CT molecular complexity index is 461. The van der Waals surface area contributed by atoms with Gasteiger partial charge in [-0.2, -0.15) is 0 Å². The van der Waals surface area contributed by atoms with Crippen LogP contribution < -0.4 is 0 Å². The van der Waals surface area contributed by atoms with E-state index in [4.69, 9.17) is 0 Å². The number of ketones is 1. The molecule has 2 rings (SSSR count). The quantitative estimate of drug-likeness (QED) is 0.851. The van der Waals surface area contributed by atoms with Crippen molar-refractivity contribution in [2.24, 2.45) is 0 Å². The summed E-state index contributed by atoms with van der Waals surface area (Å²) in [4.78, 5) is 14.3. The highest BCUT2D eigenvalue weighted by atomic mass is 19.1. The van der Waals surface area contributed by atoms with Gasteiger partial charge in [0.2, 0.25) is 0 Å². The molecule has 0 aromatic heterocycles. The minimum absolute atomic E-state index is 0.0837. The molecular formula is C15H20FNO2. The van der Waals surface area contributed by atoms with Crippen LogP contribution in [0.2, 0.25) is 0 Å². The van der Waals surface area contributed by atoms with Crippen molar-refractivity contribution in [3.05, 3.63) is 29.6 Å². The highest BCUT2D eigenvalue weighted by molar-refractivity contribution is 6.00. The first-order valence-electron chi connectivity index (χ1n) is 6.87. The Morgan fingerprint density at radius 3 is 3.00 bits per heavy atom. The number of phenolic OH excluding ortho intramolecular Hbond substituents is 1. The van der Waals surface area contributed by atoms with Gasteiger partial charge in [0.25, 0.3) is 0 Å². The predicted octanol–water partition coefficient (Wildman–Crippen LogP) is 2.98. The number of hydrogen-bond acceptors (Lipinski definition) is 3. The van der Waals surface area contributed by atoms with Crippen LogP contribution in [-0.2, 0) is 0 Å². The molecular weight excluding hydrogens is 245 g/mol. The van der Waals surface area contributed by atoms with Gasteiger partial charge in [-0.3, -0.25) is 9.69 Å². The Morgan fingerprint density at radius 1 is 1.47 bits per heavy atom. The van der Waals surface area contributed by atoms with Crippen molar-refractivity contribution in [1.82, 2.24) is 4.90 Å². The average molecular weight is 265 g/mol. The number of aromatic hydroxyl groups is 1. The van der Waals surface area contributed by atoms with Crippen molar-refractivity contribution in [2.45, 2.75) is 38.6 Å². The number of likely N-dealkylation sites (tertiary alicyclic amines) is 1. The molecule has 3 nitrogen and oxygen atoms in total. The molecule has 0 bridgehead atoms. The molecule has 19 heavy (non-hydrogen) atoms. The van der Waals surface area contributed by atoms with Crippen LogP contribution in [0.5, 0.6) is 5.75 Å². The van der Waals surface area contributed by atoms with E-state index >= 15 is 0 Å². The maximum absolute atomic E-state index is 13.2. The number of carbonyl (C=O) groups excluding carboxylic acids is 1. The SMILES string of the molecule is CCC1CCCCN1CC(=O)c1cc(F)ccc1O. The lowest BCUT2D eigenvalue weighted by atomic mass is 9.99. The maximum atomic E-state index is 13.2. The number of rotatable bonds is 4. The van der Waals surface area contributed by atoms with Gasteiger partial charge in [0.05, 0.1) is 12.1 Å². The molecule has 1 saturated heterocycles. The monoisotopic (exact) mass is 265 g/mol. The van der Waals surface area contributed by atoms with Crippen LogP contribution in [0.1, 0.15) is 43.0 Å². The number of halogens is 1. The summed E-state index contributed by atoms with van der Waals surface area (Å²) in [6.45, 7) is 3.28. The number of hydrogen-bond donors (Lipinski definition) is 1. The second-order valence-corrected chi connectivity index (χ2v) is 5.11. The molecule has 1 aromatic carbocycles. The van der Waals surface area contributed by atoms with Crippen molar-refractivity contribution in [2.75, 3.05) is 13.1 Å². The van der Waals surface area contributed by atoms with Gasteiger partial charge < -0.3 is 5.11 Å². The summed E-state index contributed by atoms with van der Waals surface area (Å²) in [5.41, 5.74) is 0.0837. The summed E-state index contributed by atoms with van der Waals surface area (Å²) < 4.78 is 13.2. The van der Waals surface area contributed by atoms with E-state index in [2.05, 4.69) is 11.8 Å². The standard InChI is InChI=1S/C15H20FNO2/c1-2-12-5-3-4-8-17(12)10-15(19)13-9-11(16)6-7-14(13)18/h6-7,9,12,18H,2-5,8,10H2,1H3. The van der Waals surface area contributed by atoms with E-state index in [0.717, 1.165) is 37.9 Å². The molecule has 1 aliphatic rings. The van der Waals surface area contributed by atoms with Gasteiger partial charge in [0.15, 0.2) is 5.78 Å². The van der Waals surface area contributed by atoms with Crippen LogP contribution in [-0.4, -0.2) is 34.9 Å². The number of phenols is 1. The third-order valence-electron chi connectivity index (χ3n) is 3.83. The lowest BCUT2D eigenvalue weighted by Crippen LogP contribution is -2.42. The molecule has 1 heterocycles. The van der Waals surface area contributed by atoms with Crippen molar-refractivity contribution in [3.63, 3.8) is 0 Å². The lowest BCUT2D eigenvalue weighted by molar-refractivity contribution is 0.0835. The van der Waals surface area contributed by atoms with Gasteiger partial charge in [-0.25, -0.2) is 4.39 Å². The van der Waals surface area contributed by atoms with E-state index in [1.807, 2.05) is 0 Å². The van der Waals surface area contributed by atoms with Crippen LogP contribution >= 0.6 is 0 Å². The van der Waals surface area contributed by atoms with E-state index in [1.54, 1.807) is 0 Å². The highest BCUT2D eigenvalue weighted by Crippen LogP contribution is 2.22. The second-order valence-electron chi connectivity index (χ2n) is 5.11. The average Bonchev–Trinajstić information content (AvgIpc) is 2.42. The molecule has 0 saturated carbocycles. The first-order valence-corrected chi connectivity index (χ1v) is 6.87. The van der Waals surface area contributed by atoms with Gasteiger partial charge in [-0.1, -0.05) is 13.3 Å². The van der Waals surface area contributed by atoms with Crippen LogP contribution in [0.4, 0.5) is 4.39 Å². The molecule has 0 aliphatic carbocycles. The summed E-state index contributed by atoms with van der Waals surface area (Å²) in [6.07, 6.45) is 4.43. The van der Waals surface area contributed by atoms with E-state index in [0.29, 0.717) is 6.04 Å². The van der Waals surface area contributed by atoms with Crippen LogP contribution in [0.25, 0.3) is 0 Å². The molecule has 1 fully saturated rings. The molecule has 1 aromatic rings. The molecule has 1 unspecified atom stereocenters. The minimum Gasteiger partial charge on any atom is -0.507 e. The van der Waals surface area contributed by atoms with Crippen molar-refractivity contribution >= 4 is 5.78 Å². The van der Waals surface area contributed by atoms with Gasteiger partial charge in [-0.05, 0) is 44.0 Å². The molecule has 0 spiro atoms. The molecule has 1 N–H and O–H groups in total. The fourth-order valence-corrected chi connectivity index (χ4v) is 2.73. The fraction of sp³-hybridized carbons (Fsp3) is 0.533. The van der Waals surface area contributed by atoms with Crippen molar-refractivity contribution in [3.8, 4) is 5.75 Å². The molecule has 104 valence electrons. The largest absolute Gasteiger partial charge is 0.507 e. The second kappa shape index (κ2) is 6.15. The van der Waals surface area contributed by atoms with E-state index in [-0.39, 0.29) is 23.6 Å². The summed E-state index contributed by atoms with van der Waals surface area (Å²) in [5, 5.41) is 9.65. The zero-order chi connectivity index (χ0) is 13.8. The summed E-state index contributed by atoms with van der Waals surface area (Å²) in [6, 6.07) is 3.92. The number of nitrogens with zero attached hydrogens (tertiary/aromatic N) is 1. The number of piperidine rings is 1. The summed E-state index contributed by atoms with van der Waals surface area (Å²) >= 11 is 0. The highest BCUT2D eigenvalue weighted by Gasteiger charge is 2.24. The smallest absolute Gasteiger partial charge is 0.180 e. The fourth-order valence-electron chi connectivity index (χ4n) is 2.73. The zero-order valence-corrected chi connectivity index (χ0v) is 11.2. The van der Waals surface area contributed by atoms with Gasteiger partial charge in [0.1, 0.15) is 11.6 Å². The van der Waals surface area contributed by atoms with Gasteiger partial charge >= 0.3 is 0 Å². The number of Topliss-reactive ketones (excluding diaryl/α,β-unsaturated/α-hetero) is 1. The Labute approximate surface area is 113 Å². The normalized spacial score (nSPS) is 20.4. The van der Waals surface area contributed by atoms with Gasteiger partial charge in [0, 0.05) is 6.04 Å². The van der Waals surface area contributed by atoms with E-state index < -0.39 is 5.82 Å². The summed E-state index contributed by atoms with van der Waals surface area (Å²) in [5.74, 6) is -0.847. The Balaban J connectivity index is 2.09. The van der Waals surface area contributed by atoms with Gasteiger partial charge in [-0.15, -0.1) is 0 Å². The van der Waals surface area contributed by atoms with Crippen LogP contribution in [0, 0.1) is 5.82 Å². The van der Waals surface area contributed by atoms with Crippen molar-refractivity contribution < 1.29 is 14.3 Å². The van der Waals surface area contributed by atoms with Crippen LogP contribution in [0.15, 0.2) is 18.2 Å². The Morgan fingerprint density at radius 2 is 2.26 bits per heavy atom. The van der Waals surface area contributed by atoms with E-state index in [1.165, 1.54) is 12.5 Å². The first kappa shape index (κ1) is 14.0. The lowest BCUT2D eigenvalue weighted by Gasteiger charge is -2.34. The van der Waals surface area contributed by atoms with Crippen LogP contribution in [0.3, 0.4) is 0 Å². The third-order valence-corrected chi connectivity index (χ3v) is 3.83. The zero-order valence-electron chi connectivity index (χ0n) is 11.2. The minimum atomic E-state index is -0.494. The molecule has 0 radical (unpaired) electrons. The Hall–Kier alpha value is -1.42. The van der Waals surface area contributed by atoms with Crippen molar-refractivity contribution in [1.29, 1.82) is 0 Å². The topological polar surface area (TPSA) is 40.5 Å². The molecule has 1 atom stereocenters. The molecule has 4 heteroatoms. The van der Waals surface area contributed by atoms with E-state index in [9.17, 15) is 14.3 Å². The Kier molecular flexibility index (Phi) is 4.53.